The van der Waals surface area contributed by atoms with Gasteiger partial charge in [0, 0.05) is 12.3 Å². The van der Waals surface area contributed by atoms with Gasteiger partial charge in [-0.1, -0.05) is 6.07 Å². The number of benzene rings is 1. The summed E-state index contributed by atoms with van der Waals surface area (Å²) in [6.45, 7) is 4.00. The molecule has 176 valence electrons. The van der Waals surface area contributed by atoms with E-state index in [1.807, 2.05) is 0 Å². The molecular formula is C26H34N3O3S+. The van der Waals surface area contributed by atoms with Gasteiger partial charge in [-0.05, 0) is 62.3 Å². The fraction of sp³-hybridized carbons (Fsp3) is 0.500. The molecule has 5 rings (SSSR count). The van der Waals surface area contributed by atoms with Crippen molar-refractivity contribution in [3.05, 3.63) is 35.9 Å². The number of ether oxygens (including phenoxy) is 3. The van der Waals surface area contributed by atoms with Gasteiger partial charge in [0.25, 0.3) is 0 Å². The van der Waals surface area contributed by atoms with E-state index in [1.165, 1.54) is 18.5 Å². The topological polar surface area (TPSA) is 45.0 Å². The molecule has 0 radical (unpaired) electrons. The molecule has 0 bridgehead atoms. The zero-order valence-electron chi connectivity index (χ0n) is 20.3. The molecule has 3 heterocycles. The van der Waals surface area contributed by atoms with Crippen LogP contribution in [-0.4, -0.2) is 56.5 Å². The number of pyridine rings is 1. The van der Waals surface area contributed by atoms with Gasteiger partial charge in [0.2, 0.25) is 0 Å². The molecule has 1 aliphatic heterocycles. The predicted octanol–water partition coefficient (Wildman–Crippen LogP) is 5.53. The first kappa shape index (κ1) is 22.6. The van der Waals surface area contributed by atoms with Crippen LogP contribution in [0.5, 0.6) is 11.5 Å². The molecule has 33 heavy (non-hydrogen) atoms. The maximum atomic E-state index is 6.31. The summed E-state index contributed by atoms with van der Waals surface area (Å²) in [5, 5.41) is 6.20. The van der Waals surface area contributed by atoms with Crippen LogP contribution in [0, 0.1) is 12.8 Å². The van der Waals surface area contributed by atoms with Crippen molar-refractivity contribution in [3.63, 3.8) is 0 Å². The first-order valence-corrected chi connectivity index (χ1v) is 13.0. The van der Waals surface area contributed by atoms with Crippen LogP contribution in [0.25, 0.3) is 16.8 Å². The summed E-state index contributed by atoms with van der Waals surface area (Å²) < 4.78 is 20.8. The molecule has 6 nitrogen and oxygen atoms in total. The summed E-state index contributed by atoms with van der Waals surface area (Å²) in [6.07, 6.45) is 7.15. The summed E-state index contributed by atoms with van der Waals surface area (Å²) in [4.78, 5) is 0. The summed E-state index contributed by atoms with van der Waals surface area (Å²) in [7, 11) is 5.77. The molecule has 2 aliphatic rings. The van der Waals surface area contributed by atoms with Gasteiger partial charge in [0.05, 0.1) is 45.7 Å². The highest BCUT2D eigenvalue weighted by molar-refractivity contribution is 7.98. The number of nitrogens with zero attached hydrogens (tertiary/aromatic N) is 3. The molecule has 1 aromatic carbocycles. The largest absolute Gasteiger partial charge is 0.496 e. The SMILES string of the molecule is COc1cc(C)cc(OC)c1-c1cccc2c([N+](C)(CC3CC3)C3CCCO3)c(SC)nn12. The molecule has 3 aromatic rings. The Hall–Kier alpha value is -2.22. The van der Waals surface area contributed by atoms with E-state index in [-0.39, 0.29) is 6.23 Å². The Labute approximate surface area is 200 Å². The van der Waals surface area contributed by atoms with Crippen molar-refractivity contribution in [2.75, 3.05) is 40.7 Å². The van der Waals surface area contributed by atoms with Gasteiger partial charge in [0.1, 0.15) is 17.0 Å². The number of aromatic nitrogens is 2. The lowest BCUT2D eigenvalue weighted by Crippen LogP contribution is -2.54. The second-order valence-electron chi connectivity index (χ2n) is 9.47. The second-order valence-corrected chi connectivity index (χ2v) is 10.3. The van der Waals surface area contributed by atoms with E-state index < -0.39 is 0 Å². The third kappa shape index (κ3) is 3.90. The third-order valence-electron chi connectivity index (χ3n) is 7.09. The van der Waals surface area contributed by atoms with Crippen LogP contribution in [0.1, 0.15) is 31.2 Å². The molecule has 1 saturated carbocycles. The van der Waals surface area contributed by atoms with E-state index in [9.17, 15) is 0 Å². The van der Waals surface area contributed by atoms with Gasteiger partial charge in [-0.15, -0.1) is 11.8 Å². The molecule has 1 saturated heterocycles. The summed E-state index contributed by atoms with van der Waals surface area (Å²) in [5.41, 5.74) is 5.38. The van der Waals surface area contributed by atoms with Crippen LogP contribution in [0.2, 0.25) is 0 Å². The smallest absolute Gasteiger partial charge is 0.197 e. The molecule has 0 N–H and O–H groups in total. The Kier molecular flexibility index (Phi) is 6.05. The number of thioether (sulfide) groups is 1. The maximum Gasteiger partial charge on any atom is 0.197 e. The van der Waals surface area contributed by atoms with E-state index in [1.54, 1.807) is 26.0 Å². The highest BCUT2D eigenvalue weighted by Gasteiger charge is 2.46. The van der Waals surface area contributed by atoms with E-state index >= 15 is 0 Å². The molecule has 2 unspecified atom stereocenters. The van der Waals surface area contributed by atoms with Crippen molar-refractivity contribution >= 4 is 23.0 Å². The molecule has 7 heteroatoms. The van der Waals surface area contributed by atoms with Crippen LogP contribution >= 0.6 is 11.8 Å². The van der Waals surface area contributed by atoms with Gasteiger partial charge in [-0.3, -0.25) is 4.48 Å². The van der Waals surface area contributed by atoms with Gasteiger partial charge >= 0.3 is 0 Å². The van der Waals surface area contributed by atoms with Crippen LogP contribution in [-0.2, 0) is 4.74 Å². The van der Waals surface area contributed by atoms with Crippen LogP contribution in [0.3, 0.4) is 0 Å². The molecule has 1 aliphatic carbocycles. The summed E-state index contributed by atoms with van der Waals surface area (Å²) in [5.74, 6) is 2.34. The standard InChI is InChI=1S/C26H34N3O3S/c1-17-14-21(30-3)24(22(15-17)31-4)19-8-6-9-20-25(26(33-5)27-28(19)20)29(2,16-18-11-12-18)23-10-7-13-32-23/h6,8-9,14-15,18,23H,7,10-13,16H2,1-5H3/q+1. The Morgan fingerprint density at radius 1 is 1.15 bits per heavy atom. The van der Waals surface area contributed by atoms with Crippen LogP contribution in [0.4, 0.5) is 5.69 Å². The molecule has 2 atom stereocenters. The van der Waals surface area contributed by atoms with E-state index in [0.29, 0.717) is 0 Å². The first-order valence-electron chi connectivity index (χ1n) is 11.8. The predicted molar refractivity (Wildman–Crippen MR) is 135 cm³/mol. The van der Waals surface area contributed by atoms with Gasteiger partial charge in [0.15, 0.2) is 16.9 Å². The first-order chi connectivity index (χ1) is 16.0. The second kappa shape index (κ2) is 8.85. The number of rotatable bonds is 8. The Balaban J connectivity index is 1.75. The molecule has 2 aromatic heterocycles. The van der Waals surface area contributed by atoms with Crippen molar-refractivity contribution in [2.45, 2.75) is 43.9 Å². The van der Waals surface area contributed by atoms with Crippen LogP contribution in [0.15, 0.2) is 35.4 Å². The lowest BCUT2D eigenvalue weighted by atomic mass is 10.1. The average Bonchev–Trinajstić information content (AvgIpc) is 3.29. The molecule has 0 amide bonds. The van der Waals surface area contributed by atoms with Gasteiger partial charge < -0.3 is 14.2 Å². The molecular weight excluding hydrogens is 434 g/mol. The van der Waals surface area contributed by atoms with Gasteiger partial charge in [-0.2, -0.15) is 5.10 Å². The monoisotopic (exact) mass is 468 g/mol. The minimum Gasteiger partial charge on any atom is -0.496 e. The van der Waals surface area contributed by atoms with Crippen molar-refractivity contribution in [1.29, 1.82) is 0 Å². The Morgan fingerprint density at radius 2 is 1.88 bits per heavy atom. The molecule has 0 spiro atoms. The maximum absolute atomic E-state index is 6.31. The third-order valence-corrected chi connectivity index (χ3v) is 7.75. The highest BCUT2D eigenvalue weighted by atomic mass is 32.2. The number of aryl methyl sites for hydroxylation is 1. The Morgan fingerprint density at radius 3 is 2.45 bits per heavy atom. The van der Waals surface area contributed by atoms with E-state index in [0.717, 1.165) is 75.3 Å². The van der Waals surface area contributed by atoms with Crippen molar-refractivity contribution < 1.29 is 14.2 Å². The van der Waals surface area contributed by atoms with Crippen LogP contribution < -0.4 is 14.0 Å². The summed E-state index contributed by atoms with van der Waals surface area (Å²) in [6, 6.07) is 10.5. The number of hydrogen-bond acceptors (Lipinski definition) is 5. The van der Waals surface area contributed by atoms with Crippen molar-refractivity contribution in [3.8, 4) is 22.8 Å². The van der Waals surface area contributed by atoms with E-state index in [2.05, 4.69) is 55.1 Å². The summed E-state index contributed by atoms with van der Waals surface area (Å²) >= 11 is 1.71. The minimum atomic E-state index is 0.177. The average molecular weight is 469 g/mol. The quantitative estimate of drug-likeness (QED) is 0.321. The van der Waals surface area contributed by atoms with E-state index in [4.69, 9.17) is 19.3 Å². The fourth-order valence-corrected chi connectivity index (χ4v) is 6.01. The van der Waals surface area contributed by atoms with Crippen molar-refractivity contribution in [2.24, 2.45) is 5.92 Å². The van der Waals surface area contributed by atoms with Gasteiger partial charge in [-0.25, -0.2) is 4.52 Å². The Bertz CT molecular complexity index is 1140. The number of quaternary nitrogens is 1. The molecule has 2 fully saturated rings. The fourth-order valence-electron chi connectivity index (χ4n) is 5.34. The number of methoxy groups -OCH3 is 2. The normalized spacial score (nSPS) is 20.2. The zero-order chi connectivity index (χ0) is 23.2. The minimum absolute atomic E-state index is 0.177. The highest BCUT2D eigenvalue weighted by Crippen LogP contribution is 2.46. The van der Waals surface area contributed by atoms with Crippen molar-refractivity contribution in [1.82, 2.24) is 14.1 Å². The number of fused-ring (bicyclic) bond motifs is 1. The lowest BCUT2D eigenvalue weighted by molar-refractivity contribution is -0.00329. The lowest BCUT2D eigenvalue weighted by Gasteiger charge is -2.38. The number of hydrogen-bond donors (Lipinski definition) is 0. The zero-order valence-corrected chi connectivity index (χ0v) is 21.1.